The molecule has 0 radical (unpaired) electrons. The second kappa shape index (κ2) is 10.4. The van der Waals surface area contributed by atoms with Gasteiger partial charge in [0.05, 0.1) is 30.5 Å². The predicted octanol–water partition coefficient (Wildman–Crippen LogP) is 3.46. The SMILES string of the molecule is N#Cc1ccc(NC(=O)c2ccc(Cn3ccnn3)c3ccccc23)c(CC(=O)NCC2CCC2)n1. The van der Waals surface area contributed by atoms with Gasteiger partial charge in [-0.3, -0.25) is 9.59 Å². The van der Waals surface area contributed by atoms with Gasteiger partial charge in [-0.15, -0.1) is 5.10 Å². The highest BCUT2D eigenvalue weighted by molar-refractivity contribution is 6.13. The molecule has 9 nitrogen and oxygen atoms in total. The van der Waals surface area contributed by atoms with Crippen LogP contribution in [0.1, 0.15) is 46.6 Å². The fraction of sp³-hybridized carbons (Fsp3) is 0.259. The van der Waals surface area contributed by atoms with Crippen molar-refractivity contribution < 1.29 is 9.59 Å². The number of carbonyl (C=O) groups is 2. The molecule has 9 heteroatoms. The van der Waals surface area contributed by atoms with Crippen molar-refractivity contribution in [1.82, 2.24) is 25.3 Å². The Kier molecular flexibility index (Phi) is 6.67. The summed E-state index contributed by atoms with van der Waals surface area (Å²) in [4.78, 5) is 30.2. The first kappa shape index (κ1) is 23.2. The van der Waals surface area contributed by atoms with Gasteiger partial charge < -0.3 is 10.6 Å². The molecule has 1 fully saturated rings. The van der Waals surface area contributed by atoms with Crippen molar-refractivity contribution in [2.24, 2.45) is 5.92 Å². The molecule has 36 heavy (non-hydrogen) atoms. The average molecular weight is 480 g/mol. The number of anilines is 1. The van der Waals surface area contributed by atoms with Crippen LogP contribution in [-0.4, -0.2) is 38.3 Å². The summed E-state index contributed by atoms with van der Waals surface area (Å²) in [7, 11) is 0. The number of nitrogens with one attached hydrogen (secondary N) is 2. The maximum absolute atomic E-state index is 13.4. The lowest BCUT2D eigenvalue weighted by atomic mass is 9.85. The summed E-state index contributed by atoms with van der Waals surface area (Å²) in [5, 5.41) is 24.8. The van der Waals surface area contributed by atoms with Crippen LogP contribution in [0.3, 0.4) is 0 Å². The van der Waals surface area contributed by atoms with Crippen molar-refractivity contribution in [1.29, 1.82) is 5.26 Å². The van der Waals surface area contributed by atoms with Gasteiger partial charge in [0.15, 0.2) is 0 Å². The van der Waals surface area contributed by atoms with Crippen LogP contribution in [0.2, 0.25) is 0 Å². The maximum Gasteiger partial charge on any atom is 0.256 e. The summed E-state index contributed by atoms with van der Waals surface area (Å²) in [6.45, 7) is 1.17. The first-order chi connectivity index (χ1) is 17.6. The number of hydrogen-bond acceptors (Lipinski definition) is 6. The second-order valence-electron chi connectivity index (χ2n) is 8.95. The third-order valence-electron chi connectivity index (χ3n) is 6.54. The molecule has 1 aliphatic rings. The molecule has 0 aliphatic heterocycles. The molecule has 0 bridgehead atoms. The van der Waals surface area contributed by atoms with E-state index < -0.39 is 0 Å². The topological polar surface area (TPSA) is 126 Å². The van der Waals surface area contributed by atoms with Crippen molar-refractivity contribution in [2.75, 3.05) is 11.9 Å². The zero-order valence-electron chi connectivity index (χ0n) is 19.6. The van der Waals surface area contributed by atoms with Crippen LogP contribution in [-0.2, 0) is 17.8 Å². The Morgan fingerprint density at radius 1 is 1.08 bits per heavy atom. The zero-order valence-corrected chi connectivity index (χ0v) is 19.6. The number of carbonyl (C=O) groups excluding carboxylic acids is 2. The molecule has 1 aliphatic carbocycles. The van der Waals surface area contributed by atoms with E-state index in [9.17, 15) is 14.9 Å². The first-order valence-electron chi connectivity index (χ1n) is 11.9. The lowest BCUT2D eigenvalue weighted by Crippen LogP contribution is -2.33. The summed E-state index contributed by atoms with van der Waals surface area (Å²) >= 11 is 0. The Morgan fingerprint density at radius 2 is 1.92 bits per heavy atom. The number of aromatic nitrogens is 4. The molecule has 0 unspecified atom stereocenters. The van der Waals surface area contributed by atoms with E-state index in [0.29, 0.717) is 36.0 Å². The highest BCUT2D eigenvalue weighted by atomic mass is 16.2. The number of benzene rings is 2. The first-order valence-corrected chi connectivity index (χ1v) is 11.9. The van der Waals surface area contributed by atoms with Gasteiger partial charge >= 0.3 is 0 Å². The van der Waals surface area contributed by atoms with E-state index >= 15 is 0 Å². The summed E-state index contributed by atoms with van der Waals surface area (Å²) in [6.07, 6.45) is 6.87. The average Bonchev–Trinajstić information content (AvgIpc) is 3.37. The van der Waals surface area contributed by atoms with Gasteiger partial charge in [0.2, 0.25) is 5.91 Å². The van der Waals surface area contributed by atoms with Crippen LogP contribution in [0, 0.1) is 17.2 Å². The van der Waals surface area contributed by atoms with Crippen molar-refractivity contribution in [3.05, 3.63) is 83.4 Å². The smallest absolute Gasteiger partial charge is 0.256 e. The number of fused-ring (bicyclic) bond motifs is 1. The zero-order chi connectivity index (χ0) is 24.9. The molecule has 2 aromatic carbocycles. The van der Waals surface area contributed by atoms with Gasteiger partial charge in [-0.1, -0.05) is 42.0 Å². The monoisotopic (exact) mass is 479 g/mol. The molecular formula is C27H25N7O2. The fourth-order valence-electron chi connectivity index (χ4n) is 4.36. The Hall–Kier alpha value is -4.58. The Bertz CT molecular complexity index is 1450. The van der Waals surface area contributed by atoms with E-state index in [0.717, 1.165) is 29.2 Å². The van der Waals surface area contributed by atoms with Gasteiger partial charge in [0.25, 0.3) is 5.91 Å². The van der Waals surface area contributed by atoms with Gasteiger partial charge in [0, 0.05) is 18.3 Å². The lowest BCUT2D eigenvalue weighted by molar-refractivity contribution is -0.120. The summed E-state index contributed by atoms with van der Waals surface area (Å²) in [5.74, 6) is 0.0383. The van der Waals surface area contributed by atoms with Crippen molar-refractivity contribution >= 4 is 28.3 Å². The van der Waals surface area contributed by atoms with Crippen LogP contribution in [0.5, 0.6) is 0 Å². The van der Waals surface area contributed by atoms with Gasteiger partial charge in [-0.2, -0.15) is 5.26 Å². The molecule has 2 amide bonds. The summed E-state index contributed by atoms with van der Waals surface area (Å²) < 4.78 is 1.73. The van der Waals surface area contributed by atoms with Gasteiger partial charge in [-0.25, -0.2) is 9.67 Å². The van der Waals surface area contributed by atoms with Crippen LogP contribution < -0.4 is 10.6 Å². The van der Waals surface area contributed by atoms with E-state index in [-0.39, 0.29) is 23.9 Å². The highest BCUT2D eigenvalue weighted by Gasteiger charge is 2.20. The number of rotatable bonds is 8. The molecule has 0 atom stereocenters. The molecule has 0 saturated heterocycles. The molecule has 0 spiro atoms. The minimum atomic E-state index is -0.318. The molecule has 2 heterocycles. The fourth-order valence-corrected chi connectivity index (χ4v) is 4.36. The van der Waals surface area contributed by atoms with Crippen molar-refractivity contribution in [2.45, 2.75) is 32.2 Å². The van der Waals surface area contributed by atoms with Crippen molar-refractivity contribution in [3.63, 3.8) is 0 Å². The Labute approximate surface area is 208 Å². The second-order valence-corrected chi connectivity index (χ2v) is 8.95. The molecule has 1 saturated carbocycles. The van der Waals surface area contributed by atoms with E-state index in [1.165, 1.54) is 12.5 Å². The molecule has 180 valence electrons. The van der Waals surface area contributed by atoms with Crippen LogP contribution in [0.15, 0.2) is 60.9 Å². The Morgan fingerprint density at radius 3 is 2.64 bits per heavy atom. The van der Waals surface area contributed by atoms with E-state index in [2.05, 4.69) is 25.9 Å². The third-order valence-corrected chi connectivity index (χ3v) is 6.54. The number of pyridine rings is 1. The number of nitriles is 1. The van der Waals surface area contributed by atoms with Crippen molar-refractivity contribution in [3.8, 4) is 6.07 Å². The number of amides is 2. The minimum Gasteiger partial charge on any atom is -0.355 e. The standard InChI is InChI=1S/C27H25N7O2/c28-15-20-9-11-24(25(31-20)14-26(35)29-16-18-4-3-5-18)32-27(36)23-10-8-19(17-34-13-12-30-33-34)21-6-1-2-7-22(21)23/h1-2,6-13,18H,3-5,14,16-17H2,(H,29,35)(H,32,36). The van der Waals surface area contributed by atoms with Crippen LogP contribution >= 0.6 is 0 Å². The van der Waals surface area contributed by atoms with Gasteiger partial charge in [-0.05, 0) is 53.3 Å². The summed E-state index contributed by atoms with van der Waals surface area (Å²) in [6, 6.07) is 16.5. The maximum atomic E-state index is 13.4. The normalized spacial score (nSPS) is 13.1. The minimum absolute atomic E-state index is 0.0184. The largest absolute Gasteiger partial charge is 0.355 e. The summed E-state index contributed by atoms with van der Waals surface area (Å²) in [5.41, 5.74) is 2.47. The number of hydrogen-bond donors (Lipinski definition) is 2. The van der Waals surface area contributed by atoms with Crippen LogP contribution in [0.25, 0.3) is 10.8 Å². The highest BCUT2D eigenvalue weighted by Crippen LogP contribution is 2.26. The van der Waals surface area contributed by atoms with E-state index in [1.54, 1.807) is 29.2 Å². The molecule has 2 N–H and O–H groups in total. The molecule has 5 rings (SSSR count). The lowest BCUT2D eigenvalue weighted by Gasteiger charge is -2.25. The molecule has 4 aromatic rings. The molecular weight excluding hydrogens is 454 g/mol. The third kappa shape index (κ3) is 5.08. The quantitative estimate of drug-likeness (QED) is 0.399. The predicted molar refractivity (Wildman–Crippen MR) is 134 cm³/mol. The molecule has 2 aromatic heterocycles. The van der Waals surface area contributed by atoms with E-state index in [4.69, 9.17) is 0 Å². The Balaban J connectivity index is 1.38. The van der Waals surface area contributed by atoms with E-state index in [1.807, 2.05) is 36.4 Å². The van der Waals surface area contributed by atoms with Gasteiger partial charge in [0.1, 0.15) is 11.8 Å². The number of nitrogens with zero attached hydrogens (tertiary/aromatic N) is 5. The van der Waals surface area contributed by atoms with Crippen LogP contribution in [0.4, 0.5) is 5.69 Å².